The topological polar surface area (TPSA) is 45.7 Å². The fourth-order valence-corrected chi connectivity index (χ4v) is 3.48. The molecule has 27 heavy (non-hydrogen) atoms. The molecule has 0 bridgehead atoms. The summed E-state index contributed by atoms with van der Waals surface area (Å²) in [6, 6.07) is 11.5. The first-order chi connectivity index (χ1) is 13.1. The third kappa shape index (κ3) is 5.36. The molecule has 2 heterocycles. The Balaban J connectivity index is 1.32. The van der Waals surface area contributed by atoms with E-state index in [1.54, 1.807) is 12.4 Å². The molecular formula is C21H26ClN3O2. The van der Waals surface area contributed by atoms with E-state index in [0.717, 1.165) is 55.2 Å². The number of nitrogens with zero attached hydrogens (tertiary/aromatic N) is 3. The summed E-state index contributed by atoms with van der Waals surface area (Å²) in [5, 5.41) is 0.718. The van der Waals surface area contributed by atoms with Crippen molar-refractivity contribution in [2.24, 2.45) is 0 Å². The molecule has 3 rings (SSSR count). The van der Waals surface area contributed by atoms with Crippen LogP contribution in [0.4, 0.5) is 10.5 Å². The minimum absolute atomic E-state index is 0.0970. The Kier molecular flexibility index (Phi) is 6.93. The Bertz CT molecular complexity index is 724. The van der Waals surface area contributed by atoms with Crippen LogP contribution >= 0.6 is 11.6 Å². The molecule has 1 aliphatic heterocycles. The smallest absolute Gasteiger partial charge is 0.324 e. The fraction of sp³-hybridized carbons (Fsp3) is 0.429. The highest BCUT2D eigenvalue weighted by atomic mass is 35.5. The Labute approximate surface area is 165 Å². The van der Waals surface area contributed by atoms with E-state index in [-0.39, 0.29) is 12.1 Å². The molecular weight excluding hydrogens is 362 g/mol. The van der Waals surface area contributed by atoms with Crippen molar-refractivity contribution in [2.45, 2.75) is 38.6 Å². The average Bonchev–Trinajstić information content (AvgIpc) is 2.96. The number of rotatable bonds is 9. The van der Waals surface area contributed by atoms with Gasteiger partial charge in [0.2, 0.25) is 0 Å². The van der Waals surface area contributed by atoms with Crippen LogP contribution in [0.5, 0.6) is 5.75 Å². The Hall–Kier alpha value is -2.27. The van der Waals surface area contributed by atoms with E-state index in [1.165, 1.54) is 0 Å². The highest BCUT2D eigenvalue weighted by Gasteiger charge is 2.34. The second-order valence-corrected chi connectivity index (χ2v) is 7.31. The van der Waals surface area contributed by atoms with Crippen LogP contribution in [0.2, 0.25) is 5.02 Å². The summed E-state index contributed by atoms with van der Waals surface area (Å²) in [4.78, 5) is 20.5. The highest BCUT2D eigenvalue weighted by Crippen LogP contribution is 2.24. The van der Waals surface area contributed by atoms with Crippen molar-refractivity contribution in [2.75, 3.05) is 24.6 Å². The van der Waals surface area contributed by atoms with E-state index in [9.17, 15) is 4.79 Å². The SMILES string of the molecule is CC1CN(CCCCCCOc2ccc(Cl)cc2)C(=O)N1c1ccncc1. The van der Waals surface area contributed by atoms with Crippen molar-refractivity contribution >= 4 is 23.3 Å². The maximum absolute atomic E-state index is 12.7. The van der Waals surface area contributed by atoms with Crippen molar-refractivity contribution < 1.29 is 9.53 Å². The molecule has 2 aromatic rings. The number of anilines is 1. The lowest BCUT2D eigenvalue weighted by molar-refractivity contribution is 0.219. The molecule has 5 nitrogen and oxygen atoms in total. The van der Waals surface area contributed by atoms with Gasteiger partial charge >= 0.3 is 6.03 Å². The Morgan fingerprint density at radius 2 is 1.78 bits per heavy atom. The summed E-state index contributed by atoms with van der Waals surface area (Å²) < 4.78 is 5.70. The third-order valence-electron chi connectivity index (χ3n) is 4.75. The maximum Gasteiger partial charge on any atom is 0.324 e. The summed E-state index contributed by atoms with van der Waals surface area (Å²) in [6.07, 6.45) is 7.67. The van der Waals surface area contributed by atoms with Crippen LogP contribution in [0.1, 0.15) is 32.6 Å². The minimum Gasteiger partial charge on any atom is -0.494 e. The molecule has 1 aromatic heterocycles. The van der Waals surface area contributed by atoms with Crippen LogP contribution in [0, 0.1) is 0 Å². The van der Waals surface area contributed by atoms with Gasteiger partial charge in [-0.3, -0.25) is 9.88 Å². The van der Waals surface area contributed by atoms with Gasteiger partial charge in [-0.25, -0.2) is 4.79 Å². The first kappa shape index (κ1) is 19.5. The van der Waals surface area contributed by atoms with Gasteiger partial charge in [0, 0.05) is 36.2 Å². The lowest BCUT2D eigenvalue weighted by atomic mass is 10.2. The molecule has 0 spiro atoms. The summed E-state index contributed by atoms with van der Waals surface area (Å²) in [7, 11) is 0. The Morgan fingerprint density at radius 1 is 1.07 bits per heavy atom. The maximum atomic E-state index is 12.7. The van der Waals surface area contributed by atoms with Crippen molar-refractivity contribution in [3.63, 3.8) is 0 Å². The monoisotopic (exact) mass is 387 g/mol. The standard InChI is InChI=1S/C21H26ClN3O2/c1-17-16-24(21(26)25(17)19-10-12-23-13-11-19)14-4-2-3-5-15-27-20-8-6-18(22)7-9-20/h6-13,17H,2-5,14-16H2,1H3. The summed E-state index contributed by atoms with van der Waals surface area (Å²) in [5.74, 6) is 0.854. The van der Waals surface area contributed by atoms with Crippen LogP contribution in [-0.4, -0.2) is 41.7 Å². The number of amides is 2. The molecule has 1 aliphatic rings. The van der Waals surface area contributed by atoms with Gasteiger partial charge in [0.25, 0.3) is 0 Å². The van der Waals surface area contributed by atoms with Crippen molar-refractivity contribution in [3.05, 3.63) is 53.8 Å². The molecule has 1 unspecified atom stereocenters. The summed E-state index contributed by atoms with van der Waals surface area (Å²) in [6.45, 7) is 4.38. The van der Waals surface area contributed by atoms with Crippen LogP contribution in [0.25, 0.3) is 0 Å². The zero-order valence-electron chi connectivity index (χ0n) is 15.7. The predicted molar refractivity (Wildman–Crippen MR) is 109 cm³/mol. The quantitative estimate of drug-likeness (QED) is 0.568. The number of hydrogen-bond donors (Lipinski definition) is 0. The fourth-order valence-electron chi connectivity index (χ4n) is 3.36. The number of ether oxygens (including phenoxy) is 1. The third-order valence-corrected chi connectivity index (χ3v) is 5.00. The van der Waals surface area contributed by atoms with Gasteiger partial charge in [-0.05, 0) is 56.2 Å². The largest absolute Gasteiger partial charge is 0.494 e. The van der Waals surface area contributed by atoms with Crippen LogP contribution in [0.3, 0.4) is 0 Å². The normalized spacial score (nSPS) is 16.8. The van der Waals surface area contributed by atoms with Crippen LogP contribution in [-0.2, 0) is 0 Å². The first-order valence-corrected chi connectivity index (χ1v) is 9.89. The molecule has 1 fully saturated rings. The number of halogens is 1. The molecule has 1 saturated heterocycles. The van der Waals surface area contributed by atoms with Crippen LogP contribution < -0.4 is 9.64 Å². The number of urea groups is 1. The van der Waals surface area contributed by atoms with E-state index < -0.39 is 0 Å². The van der Waals surface area contributed by atoms with E-state index in [4.69, 9.17) is 16.3 Å². The molecule has 6 heteroatoms. The number of carbonyl (C=O) groups is 1. The lowest BCUT2D eigenvalue weighted by Gasteiger charge is -2.20. The zero-order chi connectivity index (χ0) is 19.1. The predicted octanol–water partition coefficient (Wildman–Crippen LogP) is 5.00. The second-order valence-electron chi connectivity index (χ2n) is 6.87. The van der Waals surface area contributed by atoms with Gasteiger partial charge in [0.1, 0.15) is 5.75 Å². The molecule has 0 radical (unpaired) electrons. The average molecular weight is 388 g/mol. The molecule has 2 amide bonds. The summed E-state index contributed by atoms with van der Waals surface area (Å²) >= 11 is 5.86. The number of unbranched alkanes of at least 4 members (excludes halogenated alkanes) is 3. The summed E-state index contributed by atoms with van der Waals surface area (Å²) in [5.41, 5.74) is 0.921. The zero-order valence-corrected chi connectivity index (χ0v) is 16.4. The number of hydrogen-bond acceptors (Lipinski definition) is 3. The lowest BCUT2D eigenvalue weighted by Crippen LogP contribution is -2.34. The Morgan fingerprint density at radius 3 is 2.52 bits per heavy atom. The van der Waals surface area contributed by atoms with Crippen LogP contribution in [0.15, 0.2) is 48.8 Å². The molecule has 0 aliphatic carbocycles. The minimum atomic E-state index is 0.0970. The first-order valence-electron chi connectivity index (χ1n) is 9.51. The van der Waals surface area contributed by atoms with E-state index in [0.29, 0.717) is 6.61 Å². The molecule has 1 aromatic carbocycles. The second kappa shape index (κ2) is 9.60. The van der Waals surface area contributed by atoms with Gasteiger partial charge in [-0.2, -0.15) is 0 Å². The van der Waals surface area contributed by atoms with Gasteiger partial charge < -0.3 is 9.64 Å². The number of benzene rings is 1. The van der Waals surface area contributed by atoms with Gasteiger partial charge in [0.15, 0.2) is 0 Å². The van der Waals surface area contributed by atoms with E-state index >= 15 is 0 Å². The van der Waals surface area contributed by atoms with Gasteiger partial charge in [-0.15, -0.1) is 0 Å². The van der Waals surface area contributed by atoms with Gasteiger partial charge in [0.05, 0.1) is 12.6 Å². The van der Waals surface area contributed by atoms with Crippen molar-refractivity contribution in [1.29, 1.82) is 0 Å². The molecule has 0 saturated carbocycles. The van der Waals surface area contributed by atoms with E-state index in [2.05, 4.69) is 11.9 Å². The van der Waals surface area contributed by atoms with Crippen molar-refractivity contribution in [3.8, 4) is 5.75 Å². The molecule has 1 atom stereocenters. The number of pyridine rings is 1. The number of carbonyl (C=O) groups excluding carboxylic acids is 1. The van der Waals surface area contributed by atoms with Gasteiger partial charge in [-0.1, -0.05) is 24.4 Å². The molecule has 0 N–H and O–H groups in total. The van der Waals surface area contributed by atoms with E-state index in [1.807, 2.05) is 46.2 Å². The highest BCUT2D eigenvalue weighted by molar-refractivity contribution is 6.30. The molecule has 144 valence electrons. The number of aromatic nitrogens is 1. The van der Waals surface area contributed by atoms with Crippen molar-refractivity contribution in [1.82, 2.24) is 9.88 Å².